The first kappa shape index (κ1) is 30.1. The third-order valence-corrected chi connectivity index (χ3v) is 7.70. The van der Waals surface area contributed by atoms with Crippen LogP contribution in [-0.4, -0.2) is 36.4 Å². The highest BCUT2D eigenvalue weighted by Crippen LogP contribution is 2.36. The van der Waals surface area contributed by atoms with Crippen molar-refractivity contribution in [2.45, 2.75) is 32.0 Å². The third-order valence-electron chi connectivity index (χ3n) is 7.31. The van der Waals surface area contributed by atoms with Crippen molar-refractivity contribution >= 4 is 40.5 Å². The van der Waals surface area contributed by atoms with Crippen molar-refractivity contribution in [2.24, 2.45) is 24.5 Å². The SMILES string of the molecule is C[C@H]1C(=O)Nc2cnn(C)c2-c2ccnc(c2)C(n2cnc(-c3c(N(N)/C=C(\N)Cl)ccc(Cl)c3F)cc2=O)CCC1F. The molecule has 0 saturated heterocycles. The third kappa shape index (κ3) is 5.96. The molecule has 15 heteroatoms. The van der Waals surface area contributed by atoms with E-state index in [1.807, 2.05) is 0 Å². The Morgan fingerprint density at radius 1 is 1.21 bits per heavy atom. The lowest BCUT2D eigenvalue weighted by atomic mass is 9.95. The van der Waals surface area contributed by atoms with Crippen molar-refractivity contribution in [3.63, 3.8) is 0 Å². The molecule has 3 aromatic heterocycles. The minimum Gasteiger partial charge on any atom is -0.388 e. The molecular weight excluding hydrogens is 603 g/mol. The van der Waals surface area contributed by atoms with Gasteiger partial charge in [0.05, 0.1) is 69.7 Å². The number of aromatic nitrogens is 5. The van der Waals surface area contributed by atoms with Crippen molar-refractivity contribution in [3.05, 3.63) is 87.3 Å². The average molecular weight is 630 g/mol. The number of hydrogen-bond acceptors (Lipinski definition) is 8. The molecule has 0 aliphatic carbocycles. The van der Waals surface area contributed by atoms with Crippen LogP contribution in [0.2, 0.25) is 5.02 Å². The number of amides is 1. The number of carbonyl (C=O) groups excluding carboxylic acids is 1. The zero-order valence-corrected chi connectivity index (χ0v) is 24.5. The maximum absolute atomic E-state index is 15.3. The molecule has 5 N–H and O–H groups in total. The van der Waals surface area contributed by atoms with Crippen LogP contribution >= 0.6 is 23.2 Å². The molecule has 1 amide bonds. The first-order chi connectivity index (χ1) is 20.5. The van der Waals surface area contributed by atoms with Crippen LogP contribution in [0.1, 0.15) is 31.5 Å². The number of pyridine rings is 1. The van der Waals surface area contributed by atoms with Gasteiger partial charge in [-0.3, -0.25) is 28.8 Å². The molecule has 0 radical (unpaired) electrons. The number of carbonyl (C=O) groups is 1. The van der Waals surface area contributed by atoms with E-state index in [0.717, 1.165) is 17.3 Å². The molecule has 2 bridgehead atoms. The van der Waals surface area contributed by atoms with Gasteiger partial charge in [0, 0.05) is 24.9 Å². The monoisotopic (exact) mass is 629 g/mol. The highest BCUT2D eigenvalue weighted by Gasteiger charge is 2.29. The number of nitrogens with two attached hydrogens (primary N) is 2. The summed E-state index contributed by atoms with van der Waals surface area (Å²) in [4.78, 5) is 35.3. The summed E-state index contributed by atoms with van der Waals surface area (Å²) >= 11 is 11.8. The van der Waals surface area contributed by atoms with Gasteiger partial charge in [0.1, 0.15) is 11.3 Å². The predicted octanol–water partition coefficient (Wildman–Crippen LogP) is 4.47. The standard InChI is InChI=1S/C28H27Cl2F2N9O2/c1-14-17(31)4-6-21(18-9-15(7-8-35-18)27-20(38-28(14)43)11-37-39(27)2)40-13-36-19(10-24(40)42)25-22(41(34)12-23(30)33)5-3-16(29)26(25)32/h3,5,7-14,17,21H,4,6,33-34H2,1-2H3,(H,38,43)/b23-12-/t14-,17?,21?/m1/s1. The molecule has 1 aliphatic heterocycles. The molecule has 0 spiro atoms. The summed E-state index contributed by atoms with van der Waals surface area (Å²) < 4.78 is 33.5. The second kappa shape index (κ2) is 12.1. The Bertz CT molecular complexity index is 1790. The summed E-state index contributed by atoms with van der Waals surface area (Å²) in [6.45, 7) is 1.50. The van der Waals surface area contributed by atoms with E-state index in [1.54, 1.807) is 30.1 Å². The summed E-state index contributed by atoms with van der Waals surface area (Å²) in [6, 6.07) is 6.57. The van der Waals surface area contributed by atoms with E-state index >= 15 is 8.78 Å². The summed E-state index contributed by atoms with van der Waals surface area (Å²) in [5, 5.41) is 7.63. The number of nitrogens with zero attached hydrogens (tertiary/aromatic N) is 6. The van der Waals surface area contributed by atoms with Crippen LogP contribution in [0.3, 0.4) is 0 Å². The Morgan fingerprint density at radius 3 is 2.70 bits per heavy atom. The lowest BCUT2D eigenvalue weighted by Crippen LogP contribution is -2.31. The zero-order chi connectivity index (χ0) is 31.0. The molecule has 3 atom stereocenters. The van der Waals surface area contributed by atoms with Gasteiger partial charge < -0.3 is 11.1 Å². The van der Waals surface area contributed by atoms with Crippen LogP contribution in [0.25, 0.3) is 22.5 Å². The predicted molar refractivity (Wildman–Crippen MR) is 160 cm³/mol. The lowest BCUT2D eigenvalue weighted by Gasteiger charge is -2.24. The van der Waals surface area contributed by atoms with E-state index in [9.17, 15) is 9.59 Å². The summed E-state index contributed by atoms with van der Waals surface area (Å²) in [5.41, 5.74) is 6.96. The fourth-order valence-corrected chi connectivity index (χ4v) is 5.30. The number of fused-ring (bicyclic) bond motifs is 4. The Kier molecular flexibility index (Phi) is 8.49. The Morgan fingerprint density at radius 2 is 1.98 bits per heavy atom. The number of hydrazine groups is 1. The molecule has 43 heavy (non-hydrogen) atoms. The average Bonchev–Trinajstić information content (AvgIpc) is 3.33. The van der Waals surface area contributed by atoms with Gasteiger partial charge in [-0.2, -0.15) is 5.10 Å². The van der Waals surface area contributed by atoms with Gasteiger partial charge in [0.2, 0.25) is 5.91 Å². The van der Waals surface area contributed by atoms with E-state index < -0.39 is 35.4 Å². The van der Waals surface area contributed by atoms with Gasteiger partial charge >= 0.3 is 0 Å². The molecule has 0 fully saturated rings. The minimum absolute atomic E-state index is 0.0549. The highest BCUT2D eigenvalue weighted by molar-refractivity contribution is 6.31. The van der Waals surface area contributed by atoms with Crippen LogP contribution < -0.4 is 27.5 Å². The Hall–Kier alpha value is -4.33. The second-order valence-electron chi connectivity index (χ2n) is 10.1. The van der Waals surface area contributed by atoms with Gasteiger partial charge in [-0.25, -0.2) is 19.6 Å². The van der Waals surface area contributed by atoms with E-state index in [-0.39, 0.29) is 40.0 Å². The number of alkyl halides is 1. The number of benzene rings is 1. The largest absolute Gasteiger partial charge is 0.388 e. The van der Waals surface area contributed by atoms with Gasteiger partial charge in [0.15, 0.2) is 5.82 Å². The summed E-state index contributed by atoms with van der Waals surface area (Å²) in [5.74, 6) is 3.69. The van der Waals surface area contributed by atoms with Crippen LogP contribution in [0, 0.1) is 11.7 Å². The second-order valence-corrected chi connectivity index (χ2v) is 10.9. The Labute approximate surface area is 254 Å². The van der Waals surface area contributed by atoms with Crippen molar-refractivity contribution in [3.8, 4) is 22.5 Å². The van der Waals surface area contributed by atoms with Crippen LogP contribution in [0.4, 0.5) is 20.2 Å². The van der Waals surface area contributed by atoms with Crippen LogP contribution in [0.5, 0.6) is 0 Å². The first-order valence-corrected chi connectivity index (χ1v) is 13.9. The fraction of sp³-hybridized carbons (Fsp3) is 0.250. The maximum atomic E-state index is 15.3. The van der Waals surface area contributed by atoms with Crippen LogP contribution in [0.15, 0.2) is 65.2 Å². The Balaban J connectivity index is 1.63. The maximum Gasteiger partial charge on any atom is 0.254 e. The fourth-order valence-electron chi connectivity index (χ4n) is 5.04. The lowest BCUT2D eigenvalue weighted by molar-refractivity contribution is -0.121. The van der Waals surface area contributed by atoms with E-state index in [0.29, 0.717) is 22.6 Å². The smallest absolute Gasteiger partial charge is 0.254 e. The number of halogens is 4. The van der Waals surface area contributed by atoms with Crippen LogP contribution in [-0.2, 0) is 11.8 Å². The number of rotatable bonds is 4. The molecular formula is C28H27Cl2F2N9O2. The number of aryl methyl sites for hydroxylation is 1. The number of hydrogen-bond donors (Lipinski definition) is 3. The molecule has 5 rings (SSSR count). The normalized spacial score (nSPS) is 19.2. The van der Waals surface area contributed by atoms with Gasteiger partial charge in [-0.1, -0.05) is 30.1 Å². The molecule has 1 aromatic carbocycles. The summed E-state index contributed by atoms with van der Waals surface area (Å²) in [6.07, 6.45) is 3.98. The molecule has 0 saturated carbocycles. The molecule has 224 valence electrons. The van der Waals surface area contributed by atoms with Crippen molar-refractivity contribution in [1.29, 1.82) is 0 Å². The highest BCUT2D eigenvalue weighted by atomic mass is 35.5. The molecule has 2 unspecified atom stereocenters. The van der Waals surface area contributed by atoms with Crippen molar-refractivity contribution in [1.82, 2.24) is 24.3 Å². The zero-order valence-electron chi connectivity index (χ0n) is 23.0. The van der Waals surface area contributed by atoms with Gasteiger partial charge in [-0.15, -0.1) is 0 Å². The first-order valence-electron chi connectivity index (χ1n) is 13.1. The van der Waals surface area contributed by atoms with Crippen molar-refractivity contribution in [2.75, 3.05) is 10.3 Å². The van der Waals surface area contributed by atoms with E-state index in [4.69, 9.17) is 34.8 Å². The topological polar surface area (TPSA) is 150 Å². The number of anilines is 2. The molecule has 4 heterocycles. The van der Waals surface area contributed by atoms with Crippen molar-refractivity contribution < 1.29 is 13.6 Å². The minimum atomic E-state index is -1.52. The van der Waals surface area contributed by atoms with E-state index in [1.165, 1.54) is 36.1 Å². The molecule has 1 aliphatic rings. The number of nitrogens with one attached hydrogen (secondary N) is 1. The molecule has 11 nitrogen and oxygen atoms in total. The molecule has 4 aromatic rings. The summed E-state index contributed by atoms with van der Waals surface area (Å²) in [7, 11) is 1.71. The van der Waals surface area contributed by atoms with Gasteiger partial charge in [-0.05, 0) is 37.1 Å². The van der Waals surface area contributed by atoms with Gasteiger partial charge in [0.25, 0.3) is 5.56 Å². The van der Waals surface area contributed by atoms with E-state index in [2.05, 4.69) is 20.4 Å². The quantitative estimate of drug-likeness (QED) is 0.170.